The first kappa shape index (κ1) is 12.7. The third-order valence-electron chi connectivity index (χ3n) is 1.77. The van der Waals surface area contributed by atoms with Gasteiger partial charge in [-0.3, -0.25) is 9.63 Å². The van der Waals surface area contributed by atoms with E-state index in [1.807, 2.05) is 0 Å². The zero-order valence-electron chi connectivity index (χ0n) is 8.16. The van der Waals surface area contributed by atoms with Crippen LogP contribution in [0.4, 0.5) is 0 Å². The van der Waals surface area contributed by atoms with Gasteiger partial charge in [0.2, 0.25) is 0 Å². The van der Waals surface area contributed by atoms with Gasteiger partial charge in [0.15, 0.2) is 23.0 Å². The molecule has 0 saturated carbocycles. The molecule has 0 unspecified atom stereocenters. The molecule has 0 N–H and O–H groups in total. The summed E-state index contributed by atoms with van der Waals surface area (Å²) in [6.45, 7) is 0. The van der Waals surface area contributed by atoms with Gasteiger partial charge >= 0.3 is 0 Å². The number of hydrogen-bond acceptors (Lipinski definition) is 3. The lowest BCUT2D eigenvalue weighted by Crippen LogP contribution is -2.25. The Balaban J connectivity index is 3.03. The van der Waals surface area contributed by atoms with Crippen LogP contribution in [0.5, 0.6) is 5.75 Å². The van der Waals surface area contributed by atoms with E-state index in [0.717, 1.165) is 9.54 Å². The molecular weight excluding hydrogens is 377 g/mol. The van der Waals surface area contributed by atoms with E-state index in [-0.39, 0.29) is 5.91 Å². The summed E-state index contributed by atoms with van der Waals surface area (Å²) in [5, 5.41) is 1.15. The first-order valence-corrected chi connectivity index (χ1v) is 5.67. The molecule has 0 aliphatic heterocycles. The number of hydrogen-bond donors (Lipinski definition) is 0. The molecule has 1 aromatic carbocycles. The molecule has 0 aromatic heterocycles. The van der Waals surface area contributed by atoms with Crippen molar-refractivity contribution >= 4 is 44.8 Å². The summed E-state index contributed by atoms with van der Waals surface area (Å²) in [5.74, 6) is 0.381. The molecule has 0 atom stereocenters. The van der Waals surface area contributed by atoms with Gasteiger partial charge in [-0.25, -0.2) is 5.06 Å². The zero-order chi connectivity index (χ0) is 11.4. The van der Waals surface area contributed by atoms with Crippen LogP contribution >= 0.6 is 38.9 Å². The van der Waals surface area contributed by atoms with Crippen LogP contribution in [0.2, 0.25) is 0 Å². The van der Waals surface area contributed by atoms with Crippen LogP contribution in [0.1, 0.15) is 10.4 Å². The van der Waals surface area contributed by atoms with Crippen molar-refractivity contribution in [2.24, 2.45) is 0 Å². The summed E-state index contributed by atoms with van der Waals surface area (Å²) in [6, 6.07) is 5.13. The number of carbonyl (C=O) groups is 1. The molecule has 15 heavy (non-hydrogen) atoms. The van der Waals surface area contributed by atoms with E-state index < -0.39 is 0 Å². The summed E-state index contributed by atoms with van der Waals surface area (Å²) >= 11 is 5.06. The van der Waals surface area contributed by atoms with E-state index in [2.05, 4.69) is 15.9 Å². The largest absolute Gasteiger partial charge is 0.428 e. The highest BCUT2D eigenvalue weighted by molar-refractivity contribution is 14.1. The van der Waals surface area contributed by atoms with Crippen LogP contribution in [0.25, 0.3) is 0 Å². The van der Waals surface area contributed by atoms with Crippen molar-refractivity contribution in [3.8, 4) is 5.75 Å². The third-order valence-corrected chi connectivity index (χ3v) is 2.73. The van der Waals surface area contributed by atoms with E-state index >= 15 is 0 Å². The van der Waals surface area contributed by atoms with Gasteiger partial charge in [-0.1, -0.05) is 15.9 Å². The molecule has 1 aromatic rings. The predicted molar refractivity (Wildman–Crippen MR) is 67.9 cm³/mol. The van der Waals surface area contributed by atoms with Crippen molar-refractivity contribution in [2.75, 3.05) is 14.2 Å². The highest BCUT2D eigenvalue weighted by Crippen LogP contribution is 2.23. The lowest BCUT2D eigenvalue weighted by atomic mass is 10.2. The van der Waals surface area contributed by atoms with Crippen molar-refractivity contribution in [3.63, 3.8) is 0 Å². The average Bonchev–Trinajstić information content (AvgIpc) is 2.26. The van der Waals surface area contributed by atoms with E-state index in [1.54, 1.807) is 48.3 Å². The van der Waals surface area contributed by atoms with Gasteiger partial charge in [0.25, 0.3) is 5.91 Å². The minimum Gasteiger partial charge on any atom is -0.428 e. The molecule has 4 nitrogen and oxygen atoms in total. The molecule has 0 saturated heterocycles. The number of rotatable bonds is 3. The van der Waals surface area contributed by atoms with Crippen LogP contribution in [0.3, 0.4) is 0 Å². The second kappa shape index (κ2) is 5.66. The standard InChI is InChI=1S/C9H9BrINO3/c1-12(14-2)9(13)6-3-7(10)5-8(4-6)15-11/h3-5H,1-2H3. The second-order valence-corrected chi connectivity index (χ2v) is 4.09. The minimum atomic E-state index is -0.228. The third kappa shape index (κ3) is 3.32. The highest BCUT2D eigenvalue weighted by atomic mass is 127. The smallest absolute Gasteiger partial charge is 0.277 e. The number of halogens is 2. The SMILES string of the molecule is CON(C)C(=O)c1cc(Br)cc(OI)c1. The highest BCUT2D eigenvalue weighted by Gasteiger charge is 2.13. The summed E-state index contributed by atoms with van der Waals surface area (Å²) in [5.41, 5.74) is 0.500. The quantitative estimate of drug-likeness (QED) is 0.593. The van der Waals surface area contributed by atoms with Crippen molar-refractivity contribution in [1.82, 2.24) is 5.06 Å². The Kier molecular flexibility index (Phi) is 4.81. The Morgan fingerprint density at radius 1 is 1.47 bits per heavy atom. The van der Waals surface area contributed by atoms with Gasteiger partial charge in [0, 0.05) is 17.1 Å². The zero-order valence-corrected chi connectivity index (χ0v) is 11.9. The molecule has 1 rings (SSSR count). The summed E-state index contributed by atoms with van der Waals surface area (Å²) in [4.78, 5) is 16.5. The maximum atomic E-state index is 11.7. The first-order valence-electron chi connectivity index (χ1n) is 4.00. The van der Waals surface area contributed by atoms with Crippen molar-refractivity contribution in [3.05, 3.63) is 28.2 Å². The molecule has 1 amide bonds. The van der Waals surface area contributed by atoms with Gasteiger partial charge in [-0.2, -0.15) is 0 Å². The molecule has 0 aliphatic rings. The topological polar surface area (TPSA) is 38.8 Å². The molecule has 0 aliphatic carbocycles. The van der Waals surface area contributed by atoms with Crippen LogP contribution in [0.15, 0.2) is 22.7 Å². The Morgan fingerprint density at radius 2 is 2.13 bits per heavy atom. The second-order valence-electron chi connectivity index (χ2n) is 2.74. The molecule has 0 heterocycles. The first-order chi connectivity index (χ1) is 7.08. The van der Waals surface area contributed by atoms with E-state index in [0.29, 0.717) is 11.3 Å². The Labute approximate surface area is 110 Å². The lowest BCUT2D eigenvalue weighted by Gasteiger charge is -2.14. The van der Waals surface area contributed by atoms with Crippen LogP contribution < -0.4 is 3.07 Å². The van der Waals surface area contributed by atoms with Gasteiger partial charge < -0.3 is 3.07 Å². The number of nitrogens with zero attached hydrogens (tertiary/aromatic N) is 1. The number of hydroxylamine groups is 2. The fourth-order valence-corrected chi connectivity index (χ4v) is 1.72. The summed E-state index contributed by atoms with van der Waals surface area (Å²) < 4.78 is 5.81. The van der Waals surface area contributed by atoms with Crippen LogP contribution in [-0.4, -0.2) is 25.1 Å². The van der Waals surface area contributed by atoms with Crippen LogP contribution in [-0.2, 0) is 4.84 Å². The van der Waals surface area contributed by atoms with Crippen molar-refractivity contribution in [1.29, 1.82) is 0 Å². The Hall–Kier alpha value is -0.340. The molecule has 82 valence electrons. The molecule has 0 spiro atoms. The number of carbonyl (C=O) groups excluding carboxylic acids is 1. The lowest BCUT2D eigenvalue weighted by molar-refractivity contribution is -0.0757. The summed E-state index contributed by atoms with van der Waals surface area (Å²) in [6.07, 6.45) is 0. The Morgan fingerprint density at radius 3 is 2.67 bits per heavy atom. The maximum Gasteiger partial charge on any atom is 0.277 e. The average molecular weight is 386 g/mol. The molecule has 0 bridgehead atoms. The predicted octanol–water partition coefficient (Wildman–Crippen LogP) is 2.81. The molecule has 0 radical (unpaired) electrons. The number of amides is 1. The van der Waals surface area contributed by atoms with Gasteiger partial charge in [0.1, 0.15) is 5.75 Å². The van der Waals surface area contributed by atoms with Gasteiger partial charge in [-0.05, 0) is 18.2 Å². The normalized spacial score (nSPS) is 9.87. The molecule has 0 fully saturated rings. The molecular formula is C9H9BrINO3. The van der Waals surface area contributed by atoms with Crippen molar-refractivity contribution in [2.45, 2.75) is 0 Å². The monoisotopic (exact) mass is 385 g/mol. The van der Waals surface area contributed by atoms with Crippen molar-refractivity contribution < 1.29 is 12.7 Å². The van der Waals surface area contributed by atoms with E-state index in [4.69, 9.17) is 7.90 Å². The Bertz CT molecular complexity index is 372. The maximum absolute atomic E-state index is 11.7. The van der Waals surface area contributed by atoms with E-state index in [1.165, 1.54) is 7.11 Å². The fourth-order valence-electron chi connectivity index (χ4n) is 0.995. The summed E-state index contributed by atoms with van der Waals surface area (Å²) in [7, 11) is 2.99. The van der Waals surface area contributed by atoms with Crippen LogP contribution in [0, 0.1) is 0 Å². The van der Waals surface area contributed by atoms with E-state index in [9.17, 15) is 4.79 Å². The number of benzene rings is 1. The van der Waals surface area contributed by atoms with Gasteiger partial charge in [0.05, 0.1) is 7.11 Å². The van der Waals surface area contributed by atoms with Gasteiger partial charge in [-0.15, -0.1) is 0 Å². The minimum absolute atomic E-state index is 0.228. The molecule has 6 heteroatoms. The fraction of sp³-hybridized carbons (Fsp3) is 0.222.